The highest BCUT2D eigenvalue weighted by Crippen LogP contribution is 2.25. The van der Waals surface area contributed by atoms with Gasteiger partial charge >= 0.3 is 0 Å². The molecular weight excluding hydrogens is 262 g/mol. The van der Waals surface area contributed by atoms with Crippen molar-refractivity contribution in [2.75, 3.05) is 19.6 Å². The minimum Gasteiger partial charge on any atom is -0.312 e. The fourth-order valence-electron chi connectivity index (χ4n) is 3.55. The fraction of sp³-hybridized carbons (Fsp3) is 0.500. The third-order valence-electron chi connectivity index (χ3n) is 4.59. The molecule has 1 aromatic heterocycles. The lowest BCUT2D eigenvalue weighted by Gasteiger charge is -2.24. The summed E-state index contributed by atoms with van der Waals surface area (Å²) in [5.74, 6) is 0.822. The minimum absolute atomic E-state index is 0.683. The van der Waals surface area contributed by atoms with Gasteiger partial charge in [-0.1, -0.05) is 18.2 Å². The Hall–Kier alpha value is -1.72. The number of rotatable bonds is 3. The summed E-state index contributed by atoms with van der Waals surface area (Å²) >= 11 is 0. The number of hydrogen-bond donors (Lipinski definition) is 1. The zero-order valence-electron chi connectivity index (χ0n) is 12.2. The van der Waals surface area contributed by atoms with Gasteiger partial charge in [-0.25, -0.2) is 0 Å². The lowest BCUT2D eigenvalue weighted by molar-refractivity contribution is 0.308. The predicted molar refractivity (Wildman–Crippen MR) is 81.2 cm³/mol. The highest BCUT2D eigenvalue weighted by Gasteiger charge is 2.34. The van der Waals surface area contributed by atoms with Crippen LogP contribution in [0.4, 0.5) is 0 Å². The Balaban J connectivity index is 1.43. The first-order valence-corrected chi connectivity index (χ1v) is 7.81. The van der Waals surface area contributed by atoms with Gasteiger partial charge in [-0.15, -0.1) is 0 Å². The van der Waals surface area contributed by atoms with Gasteiger partial charge in [-0.05, 0) is 37.4 Å². The molecular formula is C16H21N5. The van der Waals surface area contributed by atoms with Crippen molar-refractivity contribution in [1.29, 1.82) is 0 Å². The van der Waals surface area contributed by atoms with Gasteiger partial charge in [0.25, 0.3) is 0 Å². The van der Waals surface area contributed by atoms with Crippen LogP contribution in [0.15, 0.2) is 36.5 Å². The van der Waals surface area contributed by atoms with Crippen molar-refractivity contribution in [2.45, 2.75) is 25.4 Å². The van der Waals surface area contributed by atoms with Crippen LogP contribution in [0, 0.1) is 5.92 Å². The Morgan fingerprint density at radius 3 is 2.95 bits per heavy atom. The second-order valence-corrected chi connectivity index (χ2v) is 6.12. The van der Waals surface area contributed by atoms with Gasteiger partial charge in [0.2, 0.25) is 0 Å². The maximum absolute atomic E-state index is 4.60. The molecule has 2 fully saturated rings. The molecule has 0 spiro atoms. The van der Waals surface area contributed by atoms with E-state index in [-0.39, 0.29) is 0 Å². The van der Waals surface area contributed by atoms with Gasteiger partial charge < -0.3 is 5.32 Å². The molecule has 4 rings (SSSR count). The van der Waals surface area contributed by atoms with E-state index in [0.717, 1.165) is 30.4 Å². The van der Waals surface area contributed by atoms with Crippen molar-refractivity contribution in [1.82, 2.24) is 25.2 Å². The van der Waals surface area contributed by atoms with Crippen LogP contribution >= 0.6 is 0 Å². The van der Waals surface area contributed by atoms with E-state index < -0.39 is 0 Å². The fourth-order valence-corrected chi connectivity index (χ4v) is 3.55. The van der Waals surface area contributed by atoms with Crippen molar-refractivity contribution in [2.24, 2.45) is 5.92 Å². The molecule has 0 amide bonds. The molecule has 2 aromatic rings. The van der Waals surface area contributed by atoms with Gasteiger partial charge in [0, 0.05) is 25.7 Å². The molecule has 5 heteroatoms. The standard InChI is InChI=1S/C16H21N5/c1-2-6-15(7-3-1)21-18-9-14(19-21)11-20-10-13-5-4-8-17-16(13)12-20/h1-3,6-7,9,13,16-17H,4-5,8,10-12H2/t13-,16+/m0/s1. The molecule has 2 aliphatic rings. The lowest BCUT2D eigenvalue weighted by Crippen LogP contribution is -2.40. The van der Waals surface area contributed by atoms with Gasteiger partial charge in [-0.2, -0.15) is 15.0 Å². The Labute approximate surface area is 125 Å². The van der Waals surface area contributed by atoms with E-state index in [1.165, 1.54) is 25.9 Å². The summed E-state index contributed by atoms with van der Waals surface area (Å²) < 4.78 is 0. The van der Waals surface area contributed by atoms with Crippen LogP contribution in [0.25, 0.3) is 5.69 Å². The summed E-state index contributed by atoms with van der Waals surface area (Å²) in [5, 5.41) is 12.6. The zero-order valence-corrected chi connectivity index (χ0v) is 12.2. The minimum atomic E-state index is 0.683. The smallest absolute Gasteiger partial charge is 0.0971 e. The highest BCUT2D eigenvalue weighted by atomic mass is 15.5. The average Bonchev–Trinajstić information content (AvgIpc) is 3.14. The molecule has 0 unspecified atom stereocenters. The third kappa shape index (κ3) is 2.71. The Kier molecular flexibility index (Phi) is 3.45. The van der Waals surface area contributed by atoms with E-state index in [9.17, 15) is 0 Å². The average molecular weight is 283 g/mol. The first-order chi connectivity index (χ1) is 10.4. The summed E-state index contributed by atoms with van der Waals surface area (Å²) in [6.45, 7) is 4.42. The zero-order chi connectivity index (χ0) is 14.1. The lowest BCUT2D eigenvalue weighted by atomic mass is 9.94. The first kappa shape index (κ1) is 13.0. The Morgan fingerprint density at radius 1 is 1.19 bits per heavy atom. The van der Waals surface area contributed by atoms with Gasteiger partial charge in [0.15, 0.2) is 0 Å². The molecule has 3 heterocycles. The maximum Gasteiger partial charge on any atom is 0.0971 e. The second-order valence-electron chi connectivity index (χ2n) is 6.12. The molecule has 2 aliphatic heterocycles. The number of nitrogens with one attached hydrogen (secondary N) is 1. The number of piperidine rings is 1. The second kappa shape index (κ2) is 5.58. The summed E-state index contributed by atoms with van der Waals surface area (Å²) in [4.78, 5) is 4.23. The Morgan fingerprint density at radius 2 is 2.10 bits per heavy atom. The van der Waals surface area contributed by atoms with Crippen molar-refractivity contribution in [3.05, 3.63) is 42.2 Å². The summed E-state index contributed by atoms with van der Waals surface area (Å²) in [7, 11) is 0. The van der Waals surface area contributed by atoms with E-state index in [2.05, 4.69) is 20.4 Å². The molecule has 1 N–H and O–H groups in total. The van der Waals surface area contributed by atoms with Crippen molar-refractivity contribution in [3.8, 4) is 5.69 Å². The van der Waals surface area contributed by atoms with E-state index in [1.54, 1.807) is 4.80 Å². The van der Waals surface area contributed by atoms with Crippen LogP contribution in [0.1, 0.15) is 18.5 Å². The quantitative estimate of drug-likeness (QED) is 0.926. The van der Waals surface area contributed by atoms with Crippen LogP contribution in [0.3, 0.4) is 0 Å². The number of nitrogens with zero attached hydrogens (tertiary/aromatic N) is 4. The van der Waals surface area contributed by atoms with Crippen LogP contribution in [0.2, 0.25) is 0 Å². The number of hydrogen-bond acceptors (Lipinski definition) is 4. The molecule has 0 bridgehead atoms. The summed E-state index contributed by atoms with van der Waals surface area (Å²) in [6.07, 6.45) is 4.58. The third-order valence-corrected chi connectivity index (χ3v) is 4.59. The largest absolute Gasteiger partial charge is 0.312 e. The SMILES string of the molecule is c1ccc(-n2ncc(CN3C[C@@H]4CCCN[C@@H]4C3)n2)cc1. The molecule has 5 nitrogen and oxygen atoms in total. The van der Waals surface area contributed by atoms with Crippen molar-refractivity contribution in [3.63, 3.8) is 0 Å². The van der Waals surface area contributed by atoms with E-state index in [1.807, 2.05) is 36.5 Å². The van der Waals surface area contributed by atoms with Crippen molar-refractivity contribution >= 4 is 0 Å². The van der Waals surface area contributed by atoms with Crippen LogP contribution < -0.4 is 5.32 Å². The topological polar surface area (TPSA) is 46.0 Å². The summed E-state index contributed by atoms with van der Waals surface area (Å²) in [5.41, 5.74) is 2.07. The molecule has 21 heavy (non-hydrogen) atoms. The molecule has 0 aliphatic carbocycles. The summed E-state index contributed by atoms with van der Waals surface area (Å²) in [6, 6.07) is 10.8. The van der Waals surface area contributed by atoms with Gasteiger partial charge in [0.1, 0.15) is 0 Å². The monoisotopic (exact) mass is 283 g/mol. The first-order valence-electron chi connectivity index (χ1n) is 7.81. The van der Waals surface area contributed by atoms with E-state index in [0.29, 0.717) is 6.04 Å². The van der Waals surface area contributed by atoms with Gasteiger partial charge in [0.05, 0.1) is 17.6 Å². The normalized spacial score (nSPS) is 25.9. The molecule has 0 saturated carbocycles. The Bertz CT molecular complexity index is 580. The number of para-hydroxylation sites is 1. The number of fused-ring (bicyclic) bond motifs is 1. The van der Waals surface area contributed by atoms with E-state index >= 15 is 0 Å². The van der Waals surface area contributed by atoms with Crippen LogP contribution in [-0.2, 0) is 6.54 Å². The number of aromatic nitrogens is 3. The maximum atomic E-state index is 4.60. The van der Waals surface area contributed by atoms with E-state index in [4.69, 9.17) is 0 Å². The van der Waals surface area contributed by atoms with Crippen molar-refractivity contribution < 1.29 is 0 Å². The predicted octanol–water partition coefficient (Wildman–Crippen LogP) is 1.45. The number of benzene rings is 1. The molecule has 110 valence electrons. The van der Waals surface area contributed by atoms with Crippen LogP contribution in [-0.4, -0.2) is 45.6 Å². The number of likely N-dealkylation sites (tertiary alicyclic amines) is 1. The molecule has 1 aromatic carbocycles. The molecule has 2 atom stereocenters. The molecule has 2 saturated heterocycles. The van der Waals surface area contributed by atoms with Crippen LogP contribution in [0.5, 0.6) is 0 Å². The molecule has 0 radical (unpaired) electrons. The highest BCUT2D eigenvalue weighted by molar-refractivity contribution is 5.28. The van der Waals surface area contributed by atoms with Gasteiger partial charge in [-0.3, -0.25) is 4.90 Å².